The highest BCUT2D eigenvalue weighted by molar-refractivity contribution is 7.99. The van der Waals surface area contributed by atoms with Crippen LogP contribution in [0.3, 0.4) is 0 Å². The molecule has 2 N–H and O–H groups in total. The lowest BCUT2D eigenvalue weighted by molar-refractivity contribution is 0.102. The Hall–Kier alpha value is -2.36. The molecule has 0 aliphatic rings. The van der Waals surface area contributed by atoms with E-state index in [2.05, 4.69) is 10.2 Å². The number of thioether (sulfide) groups is 1. The lowest BCUT2D eigenvalue weighted by Gasteiger charge is -2.13. The van der Waals surface area contributed by atoms with Crippen molar-refractivity contribution in [1.82, 2.24) is 23.9 Å². The number of ketones is 1. The number of hydrogen-bond acceptors (Lipinski definition) is 7. The lowest BCUT2D eigenvalue weighted by Crippen LogP contribution is -2.42. The van der Waals surface area contributed by atoms with Crippen LogP contribution in [-0.4, -0.2) is 35.4 Å². The first-order valence-corrected chi connectivity index (χ1v) is 8.53. The summed E-state index contributed by atoms with van der Waals surface area (Å²) in [5.41, 5.74) is 4.59. The molecule has 0 aliphatic carbocycles. The highest BCUT2D eigenvalue weighted by Crippen LogP contribution is 2.17. The van der Waals surface area contributed by atoms with E-state index in [1.54, 1.807) is 10.9 Å². The number of nitrogens with zero attached hydrogens (tertiary/aromatic N) is 5. The number of Topliss-reactive ketones (excluding diaryl/α,β-unsaturated/α-hetero) is 1. The summed E-state index contributed by atoms with van der Waals surface area (Å²) in [5, 5.41) is 8.30. The summed E-state index contributed by atoms with van der Waals surface area (Å²) < 4.78 is 3.96. The van der Waals surface area contributed by atoms with Crippen molar-refractivity contribution in [3.05, 3.63) is 32.7 Å². The van der Waals surface area contributed by atoms with Gasteiger partial charge >= 0.3 is 5.69 Å². The molecule has 0 atom stereocenters. The summed E-state index contributed by atoms with van der Waals surface area (Å²) in [4.78, 5) is 36.9. The van der Waals surface area contributed by atoms with Gasteiger partial charge in [0, 0.05) is 20.1 Å². The maximum atomic E-state index is 12.5. The molecule has 0 radical (unpaired) electrons. The summed E-state index contributed by atoms with van der Waals surface area (Å²) in [7, 11) is 1.34. The number of anilines is 1. The Kier molecular flexibility index (Phi) is 5.60. The molecule has 10 heteroatoms. The van der Waals surface area contributed by atoms with Gasteiger partial charge in [-0.1, -0.05) is 18.7 Å². The third-order valence-electron chi connectivity index (χ3n) is 3.56. The summed E-state index contributed by atoms with van der Waals surface area (Å²) in [6, 6.07) is 0. The predicted octanol–water partition coefficient (Wildman–Crippen LogP) is 0.126. The Balaban J connectivity index is 2.35. The zero-order valence-corrected chi connectivity index (χ0v) is 14.7. The highest BCUT2D eigenvalue weighted by atomic mass is 32.2. The first kappa shape index (κ1) is 18.0. The minimum absolute atomic E-state index is 0.0114. The molecule has 2 heterocycles. The van der Waals surface area contributed by atoms with E-state index >= 15 is 0 Å². The highest BCUT2D eigenvalue weighted by Gasteiger charge is 2.21. The number of aromatic nitrogens is 5. The number of hydrogen-bond donors (Lipinski definition) is 1. The van der Waals surface area contributed by atoms with Gasteiger partial charge in [-0.05, 0) is 13.3 Å². The van der Waals surface area contributed by atoms with Crippen LogP contribution < -0.4 is 17.0 Å². The summed E-state index contributed by atoms with van der Waals surface area (Å²) in [6.07, 6.45) is 2.23. The topological polar surface area (TPSA) is 118 Å². The Labute approximate surface area is 142 Å². The lowest BCUT2D eigenvalue weighted by atomic mass is 10.2. The molecule has 9 nitrogen and oxygen atoms in total. The molecular weight excluding hydrogens is 332 g/mol. The standard InChI is InChI=1S/C14H20N6O3S/c1-4-6-20-11(15)10(12(22)18(3)14(20)23)9(21)7-24-13-17-16-8-19(13)5-2/h8H,4-7,15H2,1-3H3. The van der Waals surface area contributed by atoms with Crippen molar-refractivity contribution in [2.24, 2.45) is 7.05 Å². The average molecular weight is 352 g/mol. The van der Waals surface area contributed by atoms with Crippen LogP contribution in [0.15, 0.2) is 21.1 Å². The zero-order chi connectivity index (χ0) is 17.9. The fourth-order valence-electron chi connectivity index (χ4n) is 2.26. The van der Waals surface area contributed by atoms with Gasteiger partial charge in [0.1, 0.15) is 17.7 Å². The number of carbonyl (C=O) groups excluding carboxylic acids is 1. The molecule has 24 heavy (non-hydrogen) atoms. The van der Waals surface area contributed by atoms with Crippen LogP contribution >= 0.6 is 11.8 Å². The van der Waals surface area contributed by atoms with Crippen molar-refractivity contribution < 1.29 is 4.79 Å². The van der Waals surface area contributed by atoms with E-state index in [0.29, 0.717) is 24.7 Å². The summed E-state index contributed by atoms with van der Waals surface area (Å²) >= 11 is 1.18. The van der Waals surface area contributed by atoms with Crippen LogP contribution in [0.1, 0.15) is 30.6 Å². The van der Waals surface area contributed by atoms with Gasteiger partial charge in [0.25, 0.3) is 5.56 Å². The zero-order valence-electron chi connectivity index (χ0n) is 13.9. The molecule has 0 amide bonds. The van der Waals surface area contributed by atoms with Crippen LogP contribution in [0.2, 0.25) is 0 Å². The van der Waals surface area contributed by atoms with Crippen molar-refractivity contribution in [3.8, 4) is 0 Å². The van der Waals surface area contributed by atoms with E-state index in [9.17, 15) is 14.4 Å². The Bertz CT molecular complexity index is 866. The van der Waals surface area contributed by atoms with Crippen molar-refractivity contribution >= 4 is 23.4 Å². The monoisotopic (exact) mass is 352 g/mol. The summed E-state index contributed by atoms with van der Waals surface area (Å²) in [6.45, 7) is 4.83. The van der Waals surface area contributed by atoms with Crippen LogP contribution in [-0.2, 0) is 20.1 Å². The van der Waals surface area contributed by atoms with Crippen molar-refractivity contribution in [2.75, 3.05) is 11.5 Å². The third kappa shape index (κ3) is 3.28. The first-order valence-electron chi connectivity index (χ1n) is 7.55. The minimum atomic E-state index is -0.674. The Morgan fingerprint density at radius 1 is 1.33 bits per heavy atom. The Morgan fingerprint density at radius 2 is 2.04 bits per heavy atom. The van der Waals surface area contributed by atoms with E-state index < -0.39 is 17.0 Å². The van der Waals surface area contributed by atoms with Gasteiger partial charge in [0.2, 0.25) is 0 Å². The van der Waals surface area contributed by atoms with Gasteiger partial charge in [-0.25, -0.2) is 4.79 Å². The molecule has 0 unspecified atom stereocenters. The quantitative estimate of drug-likeness (QED) is 0.555. The van der Waals surface area contributed by atoms with Gasteiger partial charge < -0.3 is 10.3 Å². The third-order valence-corrected chi connectivity index (χ3v) is 4.54. The predicted molar refractivity (Wildman–Crippen MR) is 91.4 cm³/mol. The molecule has 0 aliphatic heterocycles. The molecule has 0 spiro atoms. The normalized spacial score (nSPS) is 11.0. The van der Waals surface area contributed by atoms with Gasteiger partial charge in [0.15, 0.2) is 10.9 Å². The van der Waals surface area contributed by atoms with Crippen LogP contribution in [0, 0.1) is 0 Å². The maximum absolute atomic E-state index is 12.5. The molecule has 2 rings (SSSR count). The second-order valence-electron chi connectivity index (χ2n) is 5.17. The van der Waals surface area contributed by atoms with Crippen LogP contribution in [0.25, 0.3) is 0 Å². The van der Waals surface area contributed by atoms with Gasteiger partial charge in [-0.15, -0.1) is 10.2 Å². The van der Waals surface area contributed by atoms with Gasteiger partial charge in [-0.3, -0.25) is 18.7 Å². The smallest absolute Gasteiger partial charge is 0.332 e. The maximum Gasteiger partial charge on any atom is 0.332 e. The van der Waals surface area contributed by atoms with Crippen molar-refractivity contribution in [3.63, 3.8) is 0 Å². The molecule has 0 saturated carbocycles. The molecule has 2 aromatic heterocycles. The molecule has 0 saturated heterocycles. The van der Waals surface area contributed by atoms with Crippen LogP contribution in [0.5, 0.6) is 0 Å². The molecule has 0 fully saturated rings. The van der Waals surface area contributed by atoms with E-state index in [1.165, 1.54) is 23.4 Å². The first-order chi connectivity index (χ1) is 11.4. The molecule has 2 aromatic rings. The van der Waals surface area contributed by atoms with E-state index in [-0.39, 0.29) is 17.1 Å². The largest absolute Gasteiger partial charge is 0.384 e. The number of nitrogen functional groups attached to an aromatic ring is 1. The minimum Gasteiger partial charge on any atom is -0.384 e. The van der Waals surface area contributed by atoms with Crippen molar-refractivity contribution in [2.45, 2.75) is 38.5 Å². The fourth-order valence-corrected chi connectivity index (χ4v) is 3.11. The average Bonchev–Trinajstić information content (AvgIpc) is 3.02. The Morgan fingerprint density at radius 3 is 2.67 bits per heavy atom. The van der Waals surface area contributed by atoms with Gasteiger partial charge in [-0.2, -0.15) is 0 Å². The number of nitrogens with two attached hydrogens (primary N) is 1. The second kappa shape index (κ2) is 7.47. The molecule has 0 aromatic carbocycles. The van der Waals surface area contributed by atoms with E-state index in [4.69, 9.17) is 5.73 Å². The van der Waals surface area contributed by atoms with E-state index in [1.807, 2.05) is 13.8 Å². The molecular formula is C14H20N6O3S. The fraction of sp³-hybridized carbons (Fsp3) is 0.500. The van der Waals surface area contributed by atoms with Gasteiger partial charge in [0.05, 0.1) is 5.75 Å². The summed E-state index contributed by atoms with van der Waals surface area (Å²) in [5.74, 6) is -0.524. The second-order valence-corrected chi connectivity index (χ2v) is 6.11. The number of carbonyl (C=O) groups is 1. The molecule has 0 bridgehead atoms. The van der Waals surface area contributed by atoms with Crippen LogP contribution in [0.4, 0.5) is 5.82 Å². The molecule has 130 valence electrons. The van der Waals surface area contributed by atoms with Crippen molar-refractivity contribution in [1.29, 1.82) is 0 Å². The number of aryl methyl sites for hydroxylation is 1. The number of rotatable bonds is 7. The SMILES string of the molecule is CCCn1c(N)c(C(=O)CSc2nncn2CC)c(=O)n(C)c1=O. The van der Waals surface area contributed by atoms with E-state index in [0.717, 1.165) is 4.57 Å².